The molecule has 3 rings (SSSR count). The van der Waals surface area contributed by atoms with Crippen LogP contribution in [0, 0.1) is 5.92 Å². The van der Waals surface area contributed by atoms with E-state index < -0.39 is 0 Å². The molecular formula is C14H22N4O. The number of nitrogens with one attached hydrogen (secondary N) is 1. The van der Waals surface area contributed by atoms with E-state index in [1.807, 2.05) is 11.9 Å². The zero-order valence-electron chi connectivity index (χ0n) is 11.5. The molecule has 0 radical (unpaired) electrons. The van der Waals surface area contributed by atoms with Crippen LogP contribution in [0.5, 0.6) is 0 Å². The van der Waals surface area contributed by atoms with Gasteiger partial charge in [0.2, 0.25) is 0 Å². The first kappa shape index (κ1) is 12.7. The Morgan fingerprint density at radius 1 is 1.37 bits per heavy atom. The van der Waals surface area contributed by atoms with Gasteiger partial charge in [0.15, 0.2) is 0 Å². The summed E-state index contributed by atoms with van der Waals surface area (Å²) >= 11 is 0. The summed E-state index contributed by atoms with van der Waals surface area (Å²) in [5, 5.41) is 7.69. The Morgan fingerprint density at radius 3 is 2.68 bits per heavy atom. The number of hydrogen-bond acceptors (Lipinski definition) is 3. The van der Waals surface area contributed by atoms with Crippen molar-refractivity contribution in [2.45, 2.75) is 31.7 Å². The molecule has 0 bridgehead atoms. The molecule has 0 spiro atoms. The number of aryl methyl sites for hydroxylation is 1. The van der Waals surface area contributed by atoms with Gasteiger partial charge >= 0.3 is 0 Å². The number of aromatic nitrogens is 2. The van der Waals surface area contributed by atoms with Gasteiger partial charge < -0.3 is 10.2 Å². The number of amides is 1. The topological polar surface area (TPSA) is 50.2 Å². The molecule has 2 heterocycles. The molecule has 1 aliphatic carbocycles. The molecular weight excluding hydrogens is 240 g/mol. The summed E-state index contributed by atoms with van der Waals surface area (Å²) in [4.78, 5) is 14.3. The molecule has 1 aliphatic heterocycles. The van der Waals surface area contributed by atoms with Gasteiger partial charge in [-0.05, 0) is 44.2 Å². The van der Waals surface area contributed by atoms with E-state index in [0.717, 1.165) is 31.8 Å². The minimum absolute atomic E-state index is 0.112. The fraction of sp³-hybridized carbons (Fsp3) is 0.714. The summed E-state index contributed by atoms with van der Waals surface area (Å²) < 4.78 is 1.65. The van der Waals surface area contributed by atoms with Gasteiger partial charge in [0.25, 0.3) is 5.91 Å². The Hall–Kier alpha value is -1.36. The second-order valence-corrected chi connectivity index (χ2v) is 5.76. The van der Waals surface area contributed by atoms with Gasteiger partial charge in [0.1, 0.15) is 5.69 Å². The minimum atomic E-state index is 0.112. The summed E-state index contributed by atoms with van der Waals surface area (Å²) in [5.74, 6) is 1.04. The van der Waals surface area contributed by atoms with Gasteiger partial charge in [-0.1, -0.05) is 0 Å². The highest BCUT2D eigenvalue weighted by atomic mass is 16.2. The molecule has 5 nitrogen and oxygen atoms in total. The Morgan fingerprint density at radius 2 is 2.11 bits per heavy atom. The zero-order chi connectivity index (χ0) is 13.2. The monoisotopic (exact) mass is 262 g/mol. The summed E-state index contributed by atoms with van der Waals surface area (Å²) in [6, 6.07) is 2.39. The lowest BCUT2D eigenvalue weighted by molar-refractivity contribution is 0.0694. The molecule has 1 saturated heterocycles. The van der Waals surface area contributed by atoms with Crippen molar-refractivity contribution in [1.29, 1.82) is 0 Å². The van der Waals surface area contributed by atoms with Crippen molar-refractivity contribution in [1.82, 2.24) is 20.0 Å². The first-order valence-electron chi connectivity index (χ1n) is 7.24. The van der Waals surface area contributed by atoms with Crippen molar-refractivity contribution < 1.29 is 4.79 Å². The van der Waals surface area contributed by atoms with Crippen LogP contribution >= 0.6 is 0 Å². The van der Waals surface area contributed by atoms with Crippen LogP contribution < -0.4 is 5.32 Å². The van der Waals surface area contributed by atoms with Crippen molar-refractivity contribution in [3.8, 4) is 0 Å². The quantitative estimate of drug-likeness (QED) is 0.881. The van der Waals surface area contributed by atoms with E-state index >= 15 is 0 Å². The maximum Gasteiger partial charge on any atom is 0.272 e. The van der Waals surface area contributed by atoms with Crippen LogP contribution in [0.15, 0.2) is 12.3 Å². The Kier molecular flexibility index (Phi) is 3.55. The van der Waals surface area contributed by atoms with Gasteiger partial charge in [-0.3, -0.25) is 9.48 Å². The predicted molar refractivity (Wildman–Crippen MR) is 72.9 cm³/mol. The fourth-order valence-corrected chi connectivity index (χ4v) is 2.69. The Bertz CT molecular complexity index is 444. The molecule has 2 fully saturated rings. The molecule has 5 heteroatoms. The second kappa shape index (κ2) is 5.33. The van der Waals surface area contributed by atoms with Crippen molar-refractivity contribution in [2.75, 3.05) is 19.6 Å². The van der Waals surface area contributed by atoms with Crippen LogP contribution in [0.3, 0.4) is 0 Å². The van der Waals surface area contributed by atoms with Crippen LogP contribution in [0.25, 0.3) is 0 Å². The van der Waals surface area contributed by atoms with Crippen LogP contribution in [-0.2, 0) is 7.05 Å². The van der Waals surface area contributed by atoms with Gasteiger partial charge in [-0.15, -0.1) is 0 Å². The van der Waals surface area contributed by atoms with Crippen LogP contribution in [0.2, 0.25) is 0 Å². The van der Waals surface area contributed by atoms with E-state index in [-0.39, 0.29) is 5.91 Å². The summed E-state index contributed by atoms with van der Waals surface area (Å²) in [7, 11) is 1.82. The summed E-state index contributed by atoms with van der Waals surface area (Å²) in [5.41, 5.74) is 0.685. The van der Waals surface area contributed by atoms with Crippen molar-refractivity contribution >= 4 is 5.91 Å². The number of likely N-dealkylation sites (tertiary alicyclic amines) is 1. The SMILES string of the molecule is Cn1nccc1C(=O)N1CCC(NCC2CC2)CC1. The molecule has 0 aromatic carbocycles. The highest BCUT2D eigenvalue weighted by Crippen LogP contribution is 2.28. The number of hydrogen-bond donors (Lipinski definition) is 1. The first-order chi connectivity index (χ1) is 9.24. The summed E-state index contributed by atoms with van der Waals surface area (Å²) in [6.07, 6.45) is 6.60. The van der Waals surface area contributed by atoms with Crippen molar-refractivity contribution in [3.05, 3.63) is 18.0 Å². The number of nitrogens with zero attached hydrogens (tertiary/aromatic N) is 3. The minimum Gasteiger partial charge on any atom is -0.337 e. The van der Waals surface area contributed by atoms with Crippen LogP contribution in [0.4, 0.5) is 0 Å². The lowest BCUT2D eigenvalue weighted by atomic mass is 10.0. The lowest BCUT2D eigenvalue weighted by Gasteiger charge is -2.32. The Labute approximate surface area is 114 Å². The van der Waals surface area contributed by atoms with Crippen LogP contribution in [0.1, 0.15) is 36.2 Å². The highest BCUT2D eigenvalue weighted by Gasteiger charge is 2.27. The lowest BCUT2D eigenvalue weighted by Crippen LogP contribution is -2.45. The smallest absolute Gasteiger partial charge is 0.272 e. The zero-order valence-corrected chi connectivity index (χ0v) is 11.5. The molecule has 1 saturated carbocycles. The highest BCUT2D eigenvalue weighted by molar-refractivity contribution is 5.92. The molecule has 1 aromatic rings. The molecule has 1 aromatic heterocycles. The van der Waals surface area contributed by atoms with E-state index in [9.17, 15) is 4.79 Å². The normalized spacial score (nSPS) is 20.8. The van der Waals surface area contributed by atoms with Gasteiger partial charge in [0.05, 0.1) is 0 Å². The summed E-state index contributed by atoms with van der Waals surface area (Å²) in [6.45, 7) is 2.87. The fourth-order valence-electron chi connectivity index (χ4n) is 2.69. The predicted octanol–water partition coefficient (Wildman–Crippen LogP) is 1.02. The number of rotatable bonds is 4. The third kappa shape index (κ3) is 2.97. The maximum atomic E-state index is 12.3. The molecule has 0 atom stereocenters. The Balaban J connectivity index is 1.49. The standard InChI is InChI=1S/C14H22N4O/c1-17-13(4-7-16-17)14(19)18-8-5-12(6-9-18)15-10-11-2-3-11/h4,7,11-12,15H,2-3,5-6,8-10H2,1H3. The molecule has 19 heavy (non-hydrogen) atoms. The molecule has 104 valence electrons. The average molecular weight is 262 g/mol. The third-order valence-electron chi connectivity index (χ3n) is 4.21. The number of carbonyl (C=O) groups excluding carboxylic acids is 1. The van der Waals surface area contributed by atoms with E-state index in [1.165, 1.54) is 19.4 Å². The molecule has 1 amide bonds. The van der Waals surface area contributed by atoms with Gasteiger partial charge in [-0.25, -0.2) is 0 Å². The first-order valence-corrected chi connectivity index (χ1v) is 7.24. The van der Waals surface area contributed by atoms with Gasteiger partial charge in [-0.2, -0.15) is 5.10 Å². The van der Waals surface area contributed by atoms with E-state index in [0.29, 0.717) is 11.7 Å². The van der Waals surface area contributed by atoms with Crippen molar-refractivity contribution in [2.24, 2.45) is 13.0 Å². The molecule has 1 N–H and O–H groups in total. The second-order valence-electron chi connectivity index (χ2n) is 5.76. The average Bonchev–Trinajstić information content (AvgIpc) is 3.17. The van der Waals surface area contributed by atoms with Crippen LogP contribution in [-0.4, -0.2) is 46.3 Å². The third-order valence-corrected chi connectivity index (χ3v) is 4.21. The van der Waals surface area contributed by atoms with Gasteiger partial charge in [0, 0.05) is 32.4 Å². The molecule has 2 aliphatic rings. The van der Waals surface area contributed by atoms with E-state index in [4.69, 9.17) is 0 Å². The maximum absolute atomic E-state index is 12.3. The number of piperidine rings is 1. The van der Waals surface area contributed by atoms with E-state index in [2.05, 4.69) is 10.4 Å². The van der Waals surface area contributed by atoms with Crippen molar-refractivity contribution in [3.63, 3.8) is 0 Å². The number of carbonyl (C=O) groups is 1. The molecule has 0 unspecified atom stereocenters. The van der Waals surface area contributed by atoms with E-state index in [1.54, 1.807) is 16.9 Å². The largest absolute Gasteiger partial charge is 0.337 e.